The molecule has 0 aliphatic carbocycles. The molecule has 2 rings (SSSR count). The topological polar surface area (TPSA) is 83.6 Å². The van der Waals surface area contributed by atoms with E-state index >= 15 is 0 Å². The number of aromatic nitrogens is 1. The molecule has 1 heterocycles. The van der Waals surface area contributed by atoms with Gasteiger partial charge in [-0.3, -0.25) is 4.79 Å². The van der Waals surface area contributed by atoms with Crippen LogP contribution in [0.1, 0.15) is 27.6 Å². The zero-order valence-corrected chi connectivity index (χ0v) is 15.3. The van der Waals surface area contributed by atoms with E-state index in [1.54, 1.807) is 49.5 Å². The molecule has 2 aromatic rings. The second-order valence-electron chi connectivity index (χ2n) is 5.91. The minimum Gasteiger partial charge on any atom is -0.462 e. The number of likely N-dealkylation sites (N-methyl/N-ethyl adjacent to an activating group) is 1. The Morgan fingerprint density at radius 2 is 1.85 bits per heavy atom. The van der Waals surface area contributed by atoms with Crippen LogP contribution in [0, 0.1) is 0 Å². The van der Waals surface area contributed by atoms with Crippen molar-refractivity contribution in [3.05, 3.63) is 53.7 Å². The minimum atomic E-state index is -0.382. The van der Waals surface area contributed by atoms with Gasteiger partial charge in [0.15, 0.2) is 0 Å². The molecule has 0 unspecified atom stereocenters. The highest BCUT2D eigenvalue weighted by Gasteiger charge is 2.09. The SMILES string of the molecule is CCOC(=O)c1ccc(NC(=O)c2ccnc(NCCN(C)C)c2)cc1. The van der Waals surface area contributed by atoms with Crippen molar-refractivity contribution < 1.29 is 14.3 Å². The summed E-state index contributed by atoms with van der Waals surface area (Å²) in [5.41, 5.74) is 1.55. The fraction of sp³-hybridized carbons (Fsp3) is 0.316. The number of carbonyl (C=O) groups excluding carboxylic acids is 2. The number of carbonyl (C=O) groups is 2. The maximum absolute atomic E-state index is 12.4. The van der Waals surface area contributed by atoms with Gasteiger partial charge in [-0.1, -0.05) is 0 Å². The number of esters is 1. The molecule has 0 saturated heterocycles. The summed E-state index contributed by atoms with van der Waals surface area (Å²) >= 11 is 0. The summed E-state index contributed by atoms with van der Waals surface area (Å²) in [5.74, 6) is 0.0250. The van der Waals surface area contributed by atoms with Crippen LogP contribution in [0.5, 0.6) is 0 Å². The second-order valence-corrected chi connectivity index (χ2v) is 5.91. The summed E-state index contributed by atoms with van der Waals surface area (Å²) in [7, 11) is 3.98. The molecule has 0 radical (unpaired) electrons. The molecule has 1 aromatic carbocycles. The maximum Gasteiger partial charge on any atom is 0.338 e. The van der Waals surface area contributed by atoms with E-state index in [-0.39, 0.29) is 11.9 Å². The molecule has 0 spiro atoms. The molecule has 0 atom stereocenters. The van der Waals surface area contributed by atoms with Crippen LogP contribution < -0.4 is 10.6 Å². The van der Waals surface area contributed by atoms with Crippen LogP contribution in [0.4, 0.5) is 11.5 Å². The highest BCUT2D eigenvalue weighted by atomic mass is 16.5. The number of hydrogen-bond acceptors (Lipinski definition) is 6. The summed E-state index contributed by atoms with van der Waals surface area (Å²) in [6, 6.07) is 9.93. The fourth-order valence-electron chi connectivity index (χ4n) is 2.18. The van der Waals surface area contributed by atoms with E-state index in [0.717, 1.165) is 13.1 Å². The predicted molar refractivity (Wildman–Crippen MR) is 102 cm³/mol. The molecule has 7 nitrogen and oxygen atoms in total. The van der Waals surface area contributed by atoms with Crippen molar-refractivity contribution in [2.75, 3.05) is 44.4 Å². The van der Waals surface area contributed by atoms with Crippen molar-refractivity contribution in [3.8, 4) is 0 Å². The molecular formula is C19H24N4O3. The number of anilines is 2. The van der Waals surface area contributed by atoms with Gasteiger partial charge in [-0.05, 0) is 57.4 Å². The van der Waals surface area contributed by atoms with E-state index in [2.05, 4.69) is 20.5 Å². The average molecular weight is 356 g/mol. The van der Waals surface area contributed by atoms with Crippen molar-refractivity contribution in [3.63, 3.8) is 0 Å². The zero-order chi connectivity index (χ0) is 18.9. The normalized spacial score (nSPS) is 10.5. The summed E-state index contributed by atoms with van der Waals surface area (Å²) in [6.45, 7) is 3.68. The monoisotopic (exact) mass is 356 g/mol. The summed E-state index contributed by atoms with van der Waals surface area (Å²) in [4.78, 5) is 30.3. The average Bonchev–Trinajstić information content (AvgIpc) is 2.62. The zero-order valence-electron chi connectivity index (χ0n) is 15.3. The van der Waals surface area contributed by atoms with Crippen molar-refractivity contribution >= 4 is 23.4 Å². The first kappa shape index (κ1) is 19.4. The third-order valence-corrected chi connectivity index (χ3v) is 3.54. The number of ether oxygens (including phenoxy) is 1. The van der Waals surface area contributed by atoms with Gasteiger partial charge in [0, 0.05) is 30.5 Å². The van der Waals surface area contributed by atoms with Gasteiger partial charge in [0.05, 0.1) is 12.2 Å². The molecule has 2 N–H and O–H groups in total. The van der Waals surface area contributed by atoms with Gasteiger partial charge in [0.25, 0.3) is 5.91 Å². The van der Waals surface area contributed by atoms with Crippen LogP contribution in [0.25, 0.3) is 0 Å². The second kappa shape index (κ2) is 9.53. The molecule has 0 fully saturated rings. The van der Waals surface area contributed by atoms with Crippen LogP contribution in [-0.4, -0.2) is 55.6 Å². The molecule has 0 aliphatic rings. The van der Waals surface area contributed by atoms with E-state index in [1.807, 2.05) is 14.1 Å². The summed E-state index contributed by atoms with van der Waals surface area (Å²) in [6.07, 6.45) is 1.59. The number of pyridine rings is 1. The van der Waals surface area contributed by atoms with Gasteiger partial charge in [-0.2, -0.15) is 0 Å². The quantitative estimate of drug-likeness (QED) is 0.707. The smallest absolute Gasteiger partial charge is 0.338 e. The predicted octanol–water partition coefficient (Wildman–Crippen LogP) is 2.48. The van der Waals surface area contributed by atoms with Crippen molar-refractivity contribution in [2.45, 2.75) is 6.92 Å². The van der Waals surface area contributed by atoms with E-state index in [9.17, 15) is 9.59 Å². The number of nitrogens with zero attached hydrogens (tertiary/aromatic N) is 2. The number of benzene rings is 1. The van der Waals surface area contributed by atoms with Gasteiger partial charge in [0.1, 0.15) is 5.82 Å². The van der Waals surface area contributed by atoms with Crippen molar-refractivity contribution in [1.29, 1.82) is 0 Å². The van der Waals surface area contributed by atoms with Crippen molar-refractivity contribution in [1.82, 2.24) is 9.88 Å². The molecule has 0 saturated carbocycles. The molecule has 138 valence electrons. The first-order valence-electron chi connectivity index (χ1n) is 8.42. The van der Waals surface area contributed by atoms with Crippen molar-refractivity contribution in [2.24, 2.45) is 0 Å². The fourth-order valence-corrected chi connectivity index (χ4v) is 2.18. The standard InChI is InChI=1S/C19H24N4O3/c1-4-26-19(25)14-5-7-16(8-6-14)22-18(24)15-9-10-20-17(13-15)21-11-12-23(2)3/h5-10,13H,4,11-12H2,1-3H3,(H,20,21)(H,22,24). The Bertz CT molecular complexity index is 745. The van der Waals surface area contributed by atoms with Crippen LogP contribution in [0.2, 0.25) is 0 Å². The first-order chi connectivity index (χ1) is 12.5. The molecule has 26 heavy (non-hydrogen) atoms. The summed E-state index contributed by atoms with van der Waals surface area (Å²) < 4.78 is 4.94. The summed E-state index contributed by atoms with van der Waals surface area (Å²) in [5, 5.41) is 5.99. The number of nitrogens with one attached hydrogen (secondary N) is 2. The Balaban J connectivity index is 1.97. The maximum atomic E-state index is 12.4. The van der Waals surface area contributed by atoms with E-state index < -0.39 is 0 Å². The van der Waals surface area contributed by atoms with Crippen LogP contribution in [-0.2, 0) is 4.74 Å². The lowest BCUT2D eigenvalue weighted by molar-refractivity contribution is 0.0526. The van der Waals surface area contributed by atoms with Crippen LogP contribution in [0.3, 0.4) is 0 Å². The Kier molecular flexibility index (Phi) is 7.11. The van der Waals surface area contributed by atoms with Gasteiger partial charge < -0.3 is 20.3 Å². The Morgan fingerprint density at radius 1 is 1.12 bits per heavy atom. The van der Waals surface area contributed by atoms with E-state index in [4.69, 9.17) is 4.74 Å². The van der Waals surface area contributed by atoms with E-state index in [0.29, 0.717) is 29.2 Å². The molecular weight excluding hydrogens is 332 g/mol. The Morgan fingerprint density at radius 3 is 2.50 bits per heavy atom. The Labute approximate surface area is 153 Å². The molecule has 7 heteroatoms. The number of hydrogen-bond donors (Lipinski definition) is 2. The largest absolute Gasteiger partial charge is 0.462 e. The number of rotatable bonds is 8. The van der Waals surface area contributed by atoms with Crippen LogP contribution >= 0.6 is 0 Å². The third-order valence-electron chi connectivity index (χ3n) is 3.54. The van der Waals surface area contributed by atoms with Gasteiger partial charge in [-0.25, -0.2) is 9.78 Å². The molecule has 1 aromatic heterocycles. The Hall–Kier alpha value is -2.93. The molecule has 1 amide bonds. The first-order valence-corrected chi connectivity index (χ1v) is 8.42. The van der Waals surface area contributed by atoms with Gasteiger partial charge in [-0.15, -0.1) is 0 Å². The lowest BCUT2D eigenvalue weighted by atomic mass is 10.2. The van der Waals surface area contributed by atoms with Crippen LogP contribution in [0.15, 0.2) is 42.6 Å². The highest BCUT2D eigenvalue weighted by Crippen LogP contribution is 2.13. The lowest BCUT2D eigenvalue weighted by Gasteiger charge is -2.11. The lowest BCUT2D eigenvalue weighted by Crippen LogP contribution is -2.21. The van der Waals surface area contributed by atoms with Gasteiger partial charge >= 0.3 is 5.97 Å². The highest BCUT2D eigenvalue weighted by molar-refractivity contribution is 6.04. The van der Waals surface area contributed by atoms with E-state index in [1.165, 1.54) is 0 Å². The molecule has 0 aliphatic heterocycles. The molecule has 0 bridgehead atoms. The third kappa shape index (κ3) is 5.86. The number of amides is 1. The minimum absolute atomic E-state index is 0.244. The van der Waals surface area contributed by atoms with Gasteiger partial charge in [0.2, 0.25) is 0 Å².